The van der Waals surface area contributed by atoms with Gasteiger partial charge in [0.05, 0.1) is 11.6 Å². The number of aromatic nitrogens is 3. The van der Waals surface area contributed by atoms with Gasteiger partial charge in [0.15, 0.2) is 0 Å². The van der Waals surface area contributed by atoms with Crippen LogP contribution in [0.25, 0.3) is 0 Å². The molecule has 7 heteroatoms. The summed E-state index contributed by atoms with van der Waals surface area (Å²) in [6.07, 6.45) is 4.98. The van der Waals surface area contributed by atoms with E-state index < -0.39 is 5.60 Å². The van der Waals surface area contributed by atoms with E-state index >= 15 is 0 Å². The fourth-order valence-corrected chi connectivity index (χ4v) is 3.57. The Kier molecular flexibility index (Phi) is 4.61. The number of hydrogen-bond donors (Lipinski definition) is 1. The molecule has 0 spiro atoms. The molecule has 1 saturated carbocycles. The lowest BCUT2D eigenvalue weighted by atomic mass is 9.88. The van der Waals surface area contributed by atoms with Crippen LogP contribution in [0.15, 0.2) is 55.1 Å². The van der Waals surface area contributed by atoms with E-state index in [2.05, 4.69) is 10.1 Å². The Bertz CT molecular complexity index is 896. The molecule has 1 aliphatic carbocycles. The van der Waals surface area contributed by atoms with Crippen molar-refractivity contribution in [1.82, 2.24) is 14.8 Å². The zero-order chi connectivity index (χ0) is 18.1. The maximum Gasteiger partial charge on any atom is 0.137 e. The molecular formula is C19H17Cl2N3O2. The highest BCUT2D eigenvalue weighted by atomic mass is 35.5. The minimum Gasteiger partial charge on any atom is -0.457 e. The first-order chi connectivity index (χ1) is 12.5. The normalized spacial score (nSPS) is 16.3. The smallest absolute Gasteiger partial charge is 0.137 e. The van der Waals surface area contributed by atoms with Crippen molar-refractivity contribution in [3.63, 3.8) is 0 Å². The molecule has 26 heavy (non-hydrogen) atoms. The molecule has 2 aromatic carbocycles. The Labute approximate surface area is 161 Å². The van der Waals surface area contributed by atoms with E-state index in [1.165, 1.54) is 6.33 Å². The van der Waals surface area contributed by atoms with Gasteiger partial charge >= 0.3 is 0 Å². The number of rotatable bonds is 6. The van der Waals surface area contributed by atoms with Crippen molar-refractivity contribution in [3.05, 3.63) is 70.7 Å². The van der Waals surface area contributed by atoms with E-state index in [1.807, 2.05) is 12.1 Å². The van der Waals surface area contributed by atoms with Gasteiger partial charge in [0, 0.05) is 10.6 Å². The van der Waals surface area contributed by atoms with Crippen LogP contribution in [0.5, 0.6) is 11.5 Å². The summed E-state index contributed by atoms with van der Waals surface area (Å²) in [5.41, 5.74) is -0.399. The van der Waals surface area contributed by atoms with E-state index in [9.17, 15) is 5.11 Å². The number of halogens is 2. The van der Waals surface area contributed by atoms with Crippen LogP contribution in [0.3, 0.4) is 0 Å². The van der Waals surface area contributed by atoms with Gasteiger partial charge in [0.2, 0.25) is 0 Å². The molecule has 1 unspecified atom stereocenters. The second-order valence-corrected chi connectivity index (χ2v) is 7.33. The summed E-state index contributed by atoms with van der Waals surface area (Å²) in [7, 11) is 0. The SMILES string of the molecule is OC(Cn1cncn1)(c1ccc(Oc2ccc(Cl)cc2)cc1Cl)C1CC1. The molecule has 1 fully saturated rings. The minimum atomic E-state index is -1.08. The molecule has 0 amide bonds. The molecule has 1 N–H and O–H groups in total. The monoisotopic (exact) mass is 389 g/mol. The van der Waals surface area contributed by atoms with E-state index in [1.54, 1.807) is 41.3 Å². The summed E-state index contributed by atoms with van der Waals surface area (Å²) < 4.78 is 7.44. The standard InChI is InChI=1S/C19H17Cl2N3O2/c20-14-3-5-15(6-4-14)26-16-7-8-17(18(21)9-16)19(25,13-1-2-13)10-24-12-22-11-23-24/h3-9,11-13,25H,1-2,10H2. The van der Waals surface area contributed by atoms with Crippen molar-refractivity contribution in [2.75, 3.05) is 0 Å². The van der Waals surface area contributed by atoms with Crippen LogP contribution < -0.4 is 4.74 Å². The van der Waals surface area contributed by atoms with Crippen LogP contribution in [0.2, 0.25) is 10.0 Å². The third kappa shape index (κ3) is 3.56. The molecule has 4 rings (SSSR count). The summed E-state index contributed by atoms with van der Waals surface area (Å²) in [5.74, 6) is 1.42. The molecule has 0 saturated heterocycles. The largest absolute Gasteiger partial charge is 0.457 e. The fraction of sp³-hybridized carbons (Fsp3) is 0.263. The van der Waals surface area contributed by atoms with Crippen LogP contribution in [-0.4, -0.2) is 19.9 Å². The zero-order valence-corrected chi connectivity index (χ0v) is 15.4. The lowest BCUT2D eigenvalue weighted by Crippen LogP contribution is -2.34. The number of benzene rings is 2. The van der Waals surface area contributed by atoms with E-state index in [0.29, 0.717) is 33.7 Å². The van der Waals surface area contributed by atoms with E-state index in [0.717, 1.165) is 12.8 Å². The Morgan fingerprint density at radius 2 is 1.85 bits per heavy atom. The van der Waals surface area contributed by atoms with Crippen LogP contribution in [-0.2, 0) is 12.1 Å². The van der Waals surface area contributed by atoms with Crippen LogP contribution in [0.1, 0.15) is 18.4 Å². The molecule has 0 radical (unpaired) electrons. The quantitative estimate of drug-likeness (QED) is 0.664. The van der Waals surface area contributed by atoms with Gasteiger partial charge in [-0.2, -0.15) is 5.10 Å². The van der Waals surface area contributed by atoms with Gasteiger partial charge in [-0.25, -0.2) is 9.67 Å². The average Bonchev–Trinajstić information content (AvgIpc) is 3.36. The summed E-state index contributed by atoms with van der Waals surface area (Å²) in [6, 6.07) is 12.5. The molecule has 1 aliphatic rings. The van der Waals surface area contributed by atoms with Gasteiger partial charge in [-0.3, -0.25) is 0 Å². The first-order valence-electron chi connectivity index (χ1n) is 8.33. The predicted molar refractivity (Wildman–Crippen MR) is 99.6 cm³/mol. The van der Waals surface area contributed by atoms with Crippen molar-refractivity contribution in [1.29, 1.82) is 0 Å². The number of aliphatic hydroxyl groups is 1. The van der Waals surface area contributed by atoms with Gasteiger partial charge in [-0.15, -0.1) is 0 Å². The molecule has 3 aromatic rings. The fourth-order valence-electron chi connectivity index (χ4n) is 3.11. The number of nitrogens with zero attached hydrogens (tertiary/aromatic N) is 3. The lowest BCUT2D eigenvalue weighted by molar-refractivity contribution is -0.00768. The van der Waals surface area contributed by atoms with Crippen LogP contribution in [0, 0.1) is 5.92 Å². The van der Waals surface area contributed by atoms with Crippen LogP contribution in [0.4, 0.5) is 0 Å². The average molecular weight is 390 g/mol. The molecule has 5 nitrogen and oxygen atoms in total. The first-order valence-corrected chi connectivity index (χ1v) is 9.08. The predicted octanol–water partition coefficient (Wildman–Crippen LogP) is 4.68. The van der Waals surface area contributed by atoms with E-state index in [-0.39, 0.29) is 5.92 Å². The second-order valence-electron chi connectivity index (χ2n) is 6.49. The Hall–Kier alpha value is -2.08. The highest BCUT2D eigenvalue weighted by Gasteiger charge is 2.46. The third-order valence-electron chi connectivity index (χ3n) is 4.58. The van der Waals surface area contributed by atoms with Gasteiger partial charge in [0.1, 0.15) is 29.8 Å². The first kappa shape index (κ1) is 17.3. The molecule has 0 bridgehead atoms. The van der Waals surface area contributed by atoms with Crippen molar-refractivity contribution < 1.29 is 9.84 Å². The Morgan fingerprint density at radius 1 is 1.12 bits per heavy atom. The zero-order valence-electron chi connectivity index (χ0n) is 13.8. The minimum absolute atomic E-state index is 0.159. The molecule has 1 heterocycles. The maximum absolute atomic E-state index is 11.4. The van der Waals surface area contributed by atoms with E-state index in [4.69, 9.17) is 27.9 Å². The number of ether oxygens (including phenoxy) is 1. The molecule has 134 valence electrons. The summed E-state index contributed by atoms with van der Waals surface area (Å²) in [5, 5.41) is 16.6. The van der Waals surface area contributed by atoms with Crippen molar-refractivity contribution in [2.45, 2.75) is 25.0 Å². The molecular weight excluding hydrogens is 373 g/mol. The Balaban J connectivity index is 1.60. The highest BCUT2D eigenvalue weighted by Crippen LogP contribution is 2.49. The highest BCUT2D eigenvalue weighted by molar-refractivity contribution is 6.31. The molecule has 1 aromatic heterocycles. The van der Waals surface area contributed by atoms with Gasteiger partial charge in [-0.1, -0.05) is 29.3 Å². The van der Waals surface area contributed by atoms with Crippen molar-refractivity contribution >= 4 is 23.2 Å². The summed E-state index contributed by atoms with van der Waals surface area (Å²) >= 11 is 12.4. The number of hydrogen-bond acceptors (Lipinski definition) is 4. The Morgan fingerprint density at radius 3 is 2.46 bits per heavy atom. The lowest BCUT2D eigenvalue weighted by Gasteiger charge is -2.29. The van der Waals surface area contributed by atoms with Crippen LogP contribution >= 0.6 is 23.2 Å². The third-order valence-corrected chi connectivity index (χ3v) is 5.14. The van der Waals surface area contributed by atoms with Gasteiger partial charge in [0.25, 0.3) is 0 Å². The van der Waals surface area contributed by atoms with Gasteiger partial charge < -0.3 is 9.84 Å². The summed E-state index contributed by atoms with van der Waals surface area (Å²) in [4.78, 5) is 3.95. The molecule has 0 aliphatic heterocycles. The van der Waals surface area contributed by atoms with Crippen molar-refractivity contribution in [2.24, 2.45) is 5.92 Å². The topological polar surface area (TPSA) is 60.2 Å². The maximum atomic E-state index is 11.4. The van der Waals surface area contributed by atoms with Crippen molar-refractivity contribution in [3.8, 4) is 11.5 Å². The van der Waals surface area contributed by atoms with Gasteiger partial charge in [-0.05, 0) is 55.2 Å². The second kappa shape index (κ2) is 6.91. The molecule has 1 atom stereocenters. The summed E-state index contributed by atoms with van der Waals surface area (Å²) in [6.45, 7) is 0.314.